The zero-order chi connectivity index (χ0) is 13.4. The van der Waals surface area contributed by atoms with Crippen LogP contribution in [0.1, 0.15) is 30.5 Å². The van der Waals surface area contributed by atoms with Crippen LogP contribution >= 0.6 is 31.9 Å². The number of nitrogens with one attached hydrogen (secondary N) is 1. The van der Waals surface area contributed by atoms with Crippen molar-refractivity contribution in [1.29, 1.82) is 0 Å². The van der Waals surface area contributed by atoms with E-state index >= 15 is 0 Å². The number of hydrazine groups is 1. The van der Waals surface area contributed by atoms with E-state index in [4.69, 9.17) is 10.8 Å². The number of halogens is 2. The predicted octanol–water partition coefficient (Wildman–Crippen LogP) is 4.31. The zero-order valence-corrected chi connectivity index (χ0v) is 13.6. The number of aryl methyl sites for hydroxylation is 1. The van der Waals surface area contributed by atoms with Gasteiger partial charge in [-0.2, -0.15) is 0 Å². The number of pyridine rings is 1. The predicted molar refractivity (Wildman–Crippen MR) is 86.2 cm³/mol. The molecule has 3 N–H and O–H groups in total. The number of aromatic nitrogens is 1. The van der Waals surface area contributed by atoms with E-state index in [0.717, 1.165) is 38.4 Å². The van der Waals surface area contributed by atoms with Crippen molar-refractivity contribution in [2.24, 2.45) is 5.84 Å². The number of nitrogens with zero attached hydrogens (tertiary/aromatic N) is 1. The van der Waals surface area contributed by atoms with E-state index in [1.54, 1.807) is 0 Å². The smallest absolute Gasteiger partial charge is 0.0880 e. The molecule has 1 aromatic carbocycles. The highest BCUT2D eigenvalue weighted by Gasteiger charge is 2.19. The third-order valence-corrected chi connectivity index (χ3v) is 5.01. The number of fused-ring (bicyclic) bond motifs is 2. The summed E-state index contributed by atoms with van der Waals surface area (Å²) in [6.07, 6.45) is 5.77. The largest absolute Gasteiger partial charge is 0.323 e. The average molecular weight is 385 g/mol. The van der Waals surface area contributed by atoms with E-state index in [9.17, 15) is 0 Å². The summed E-state index contributed by atoms with van der Waals surface area (Å²) < 4.78 is 2.03. The molecular weight excluding hydrogens is 370 g/mol. The van der Waals surface area contributed by atoms with Gasteiger partial charge in [0.25, 0.3) is 0 Å². The molecule has 5 heteroatoms. The first-order valence-electron chi connectivity index (χ1n) is 6.48. The molecule has 0 bridgehead atoms. The van der Waals surface area contributed by atoms with Gasteiger partial charge in [0.15, 0.2) is 0 Å². The maximum absolute atomic E-state index is 5.80. The lowest BCUT2D eigenvalue weighted by molar-refractivity contribution is 0.709. The molecule has 1 aliphatic carbocycles. The molecule has 0 amide bonds. The van der Waals surface area contributed by atoms with Crippen LogP contribution < -0.4 is 11.3 Å². The molecule has 0 unspecified atom stereocenters. The fourth-order valence-electron chi connectivity index (χ4n) is 2.79. The summed E-state index contributed by atoms with van der Waals surface area (Å²) >= 11 is 7.20. The lowest BCUT2D eigenvalue weighted by Crippen LogP contribution is -2.12. The van der Waals surface area contributed by atoms with Gasteiger partial charge in [0.05, 0.1) is 11.2 Å². The molecule has 0 saturated carbocycles. The maximum atomic E-state index is 5.80. The van der Waals surface area contributed by atoms with Crippen molar-refractivity contribution >= 4 is 48.5 Å². The average Bonchev–Trinajstić information content (AvgIpc) is 2.66. The van der Waals surface area contributed by atoms with Crippen molar-refractivity contribution < 1.29 is 0 Å². The van der Waals surface area contributed by atoms with Crippen LogP contribution in [-0.4, -0.2) is 4.98 Å². The van der Waals surface area contributed by atoms with Crippen molar-refractivity contribution in [1.82, 2.24) is 4.98 Å². The zero-order valence-electron chi connectivity index (χ0n) is 10.5. The molecular formula is C14H15Br2N3. The van der Waals surface area contributed by atoms with Gasteiger partial charge in [-0.1, -0.05) is 22.4 Å². The van der Waals surface area contributed by atoms with Crippen LogP contribution in [0.2, 0.25) is 0 Å². The number of nitrogen functional groups attached to an aromatic ring is 1. The maximum Gasteiger partial charge on any atom is 0.0880 e. The van der Waals surface area contributed by atoms with Crippen LogP contribution in [0.25, 0.3) is 10.9 Å². The van der Waals surface area contributed by atoms with Gasteiger partial charge >= 0.3 is 0 Å². The standard InChI is InChI=1S/C14H15Br2N3/c15-9-6-7-10(16)14-12(9)13(19-17)8-4-2-1-3-5-11(8)18-14/h6-7H,1-5,17H2,(H,18,19). The summed E-state index contributed by atoms with van der Waals surface area (Å²) in [6.45, 7) is 0. The normalized spacial score (nSPS) is 15.1. The second-order valence-corrected chi connectivity index (χ2v) is 6.58. The molecule has 0 radical (unpaired) electrons. The third kappa shape index (κ3) is 2.28. The first-order chi connectivity index (χ1) is 9.22. The Balaban J connectivity index is 2.39. The highest BCUT2D eigenvalue weighted by atomic mass is 79.9. The molecule has 0 atom stereocenters. The van der Waals surface area contributed by atoms with Crippen molar-refractivity contribution in [2.75, 3.05) is 5.43 Å². The van der Waals surface area contributed by atoms with Gasteiger partial charge in [0, 0.05) is 20.0 Å². The number of anilines is 1. The van der Waals surface area contributed by atoms with Gasteiger partial charge in [-0.3, -0.25) is 10.8 Å². The van der Waals surface area contributed by atoms with Crippen LogP contribution in [0.4, 0.5) is 5.69 Å². The van der Waals surface area contributed by atoms with Crippen LogP contribution in [0, 0.1) is 0 Å². The monoisotopic (exact) mass is 383 g/mol. The minimum atomic E-state index is 0.975. The van der Waals surface area contributed by atoms with Gasteiger partial charge in [0.1, 0.15) is 0 Å². The number of benzene rings is 1. The molecule has 0 fully saturated rings. The van der Waals surface area contributed by atoms with Gasteiger partial charge < -0.3 is 5.43 Å². The molecule has 19 heavy (non-hydrogen) atoms. The fourth-order valence-corrected chi connectivity index (χ4v) is 3.73. The van der Waals surface area contributed by atoms with Crippen molar-refractivity contribution in [3.05, 3.63) is 32.3 Å². The van der Waals surface area contributed by atoms with E-state index in [1.807, 2.05) is 12.1 Å². The molecule has 1 heterocycles. The van der Waals surface area contributed by atoms with Crippen LogP contribution in [0.3, 0.4) is 0 Å². The lowest BCUT2D eigenvalue weighted by atomic mass is 10.0. The Bertz CT molecular complexity index is 640. The fraction of sp³-hybridized carbons (Fsp3) is 0.357. The molecule has 1 aromatic heterocycles. The Kier molecular flexibility index (Phi) is 3.78. The SMILES string of the molecule is NNc1c2c(nc3c(Br)ccc(Br)c13)CCCCC2. The Morgan fingerprint density at radius 2 is 1.79 bits per heavy atom. The first-order valence-corrected chi connectivity index (χ1v) is 8.07. The minimum absolute atomic E-state index is 0.975. The van der Waals surface area contributed by atoms with Crippen molar-refractivity contribution in [3.8, 4) is 0 Å². The second-order valence-electron chi connectivity index (χ2n) is 4.87. The summed E-state index contributed by atoms with van der Waals surface area (Å²) in [5.41, 5.74) is 7.38. The first kappa shape index (κ1) is 13.3. The van der Waals surface area contributed by atoms with Gasteiger partial charge in [-0.15, -0.1) is 0 Å². The molecule has 3 rings (SSSR count). The number of rotatable bonds is 1. The van der Waals surface area contributed by atoms with Crippen LogP contribution in [-0.2, 0) is 12.8 Å². The van der Waals surface area contributed by atoms with E-state index in [-0.39, 0.29) is 0 Å². The molecule has 2 aromatic rings. The molecule has 3 nitrogen and oxygen atoms in total. The summed E-state index contributed by atoms with van der Waals surface area (Å²) in [5.74, 6) is 5.80. The van der Waals surface area contributed by atoms with Gasteiger partial charge in [0.2, 0.25) is 0 Å². The number of nitrogens with two attached hydrogens (primary N) is 1. The molecule has 0 aliphatic heterocycles. The summed E-state index contributed by atoms with van der Waals surface area (Å²) in [7, 11) is 0. The lowest BCUT2D eigenvalue weighted by Gasteiger charge is -2.16. The van der Waals surface area contributed by atoms with E-state index in [1.165, 1.54) is 30.5 Å². The van der Waals surface area contributed by atoms with E-state index in [2.05, 4.69) is 37.3 Å². The summed E-state index contributed by atoms with van der Waals surface area (Å²) in [4.78, 5) is 4.87. The Morgan fingerprint density at radius 3 is 2.58 bits per heavy atom. The highest BCUT2D eigenvalue weighted by molar-refractivity contribution is 9.11. The van der Waals surface area contributed by atoms with Gasteiger partial charge in [-0.05, 0) is 59.3 Å². The third-order valence-electron chi connectivity index (χ3n) is 3.71. The Morgan fingerprint density at radius 1 is 1.05 bits per heavy atom. The van der Waals surface area contributed by atoms with Crippen LogP contribution in [0.5, 0.6) is 0 Å². The molecule has 0 saturated heterocycles. The van der Waals surface area contributed by atoms with Crippen molar-refractivity contribution in [3.63, 3.8) is 0 Å². The van der Waals surface area contributed by atoms with Crippen molar-refractivity contribution in [2.45, 2.75) is 32.1 Å². The number of hydrogen-bond donors (Lipinski definition) is 2. The topological polar surface area (TPSA) is 50.9 Å². The second kappa shape index (κ2) is 5.38. The highest BCUT2D eigenvalue weighted by Crippen LogP contribution is 2.38. The summed E-state index contributed by atoms with van der Waals surface area (Å²) in [5, 5.41) is 1.07. The van der Waals surface area contributed by atoms with E-state index in [0.29, 0.717) is 0 Å². The Labute approximate surface area is 129 Å². The van der Waals surface area contributed by atoms with Gasteiger partial charge in [-0.25, -0.2) is 0 Å². The molecule has 1 aliphatic rings. The Hall–Kier alpha value is -0.650. The minimum Gasteiger partial charge on any atom is -0.323 e. The molecule has 100 valence electrons. The van der Waals surface area contributed by atoms with Crippen LogP contribution in [0.15, 0.2) is 21.1 Å². The summed E-state index contributed by atoms with van der Waals surface area (Å²) in [6, 6.07) is 4.04. The molecule has 0 spiro atoms. The van der Waals surface area contributed by atoms with E-state index < -0.39 is 0 Å². The quantitative estimate of drug-likeness (QED) is 0.437. The number of hydrogen-bond acceptors (Lipinski definition) is 3.